The monoisotopic (exact) mass is 321 g/mol. The van der Waals surface area contributed by atoms with Crippen LogP contribution in [-0.2, 0) is 16.1 Å². The van der Waals surface area contributed by atoms with Crippen LogP contribution in [-0.4, -0.2) is 40.1 Å². The van der Waals surface area contributed by atoms with E-state index in [1.165, 1.54) is 4.90 Å². The Balaban J connectivity index is 1.91. The molecule has 0 radical (unpaired) electrons. The summed E-state index contributed by atoms with van der Waals surface area (Å²) in [4.78, 5) is 40.0. The molecule has 1 aliphatic heterocycles. The van der Waals surface area contributed by atoms with Crippen molar-refractivity contribution < 1.29 is 14.3 Å². The van der Waals surface area contributed by atoms with Crippen LogP contribution in [0, 0.1) is 6.92 Å². The molecule has 126 valence electrons. The first kappa shape index (κ1) is 17.1. The van der Waals surface area contributed by atoms with Crippen LogP contribution in [0.4, 0.5) is 4.79 Å². The molecule has 2 N–H and O–H groups in total. The molecule has 2 amide bonds. The summed E-state index contributed by atoms with van der Waals surface area (Å²) in [6.07, 6.45) is 0.104. The van der Waals surface area contributed by atoms with Crippen LogP contribution in [0.5, 0.6) is 0 Å². The number of aromatic amines is 1. The minimum absolute atomic E-state index is 0.132. The first-order chi connectivity index (χ1) is 10.7. The zero-order chi connectivity index (χ0) is 17.2. The Kier molecular flexibility index (Phi) is 4.77. The number of H-pyrrole nitrogens is 1. The topological polar surface area (TPSA) is 91.5 Å². The van der Waals surface area contributed by atoms with E-state index in [1.54, 1.807) is 39.8 Å². The Morgan fingerprint density at radius 1 is 1.39 bits per heavy atom. The lowest BCUT2D eigenvalue weighted by Crippen LogP contribution is -2.59. The maximum Gasteiger partial charge on any atom is 0.410 e. The normalized spacial score (nSPS) is 17.4. The summed E-state index contributed by atoms with van der Waals surface area (Å²) in [5, 5.41) is 2.70. The summed E-state index contributed by atoms with van der Waals surface area (Å²) in [6, 6.07) is 2.93. The van der Waals surface area contributed by atoms with E-state index in [4.69, 9.17) is 4.74 Å². The number of rotatable bonds is 3. The van der Waals surface area contributed by atoms with Gasteiger partial charge in [-0.05, 0) is 40.2 Å². The molecule has 1 fully saturated rings. The van der Waals surface area contributed by atoms with Gasteiger partial charge in [-0.2, -0.15) is 0 Å². The Hall–Kier alpha value is -2.31. The molecule has 2 heterocycles. The number of carbonyl (C=O) groups is 2. The molecule has 1 atom stereocenters. The first-order valence-corrected chi connectivity index (χ1v) is 7.63. The van der Waals surface area contributed by atoms with Crippen LogP contribution in [0.1, 0.15) is 38.4 Å². The van der Waals surface area contributed by atoms with Crippen molar-refractivity contribution in [2.24, 2.45) is 0 Å². The smallest absolute Gasteiger partial charge is 0.410 e. The van der Waals surface area contributed by atoms with E-state index >= 15 is 0 Å². The summed E-state index contributed by atoms with van der Waals surface area (Å²) in [5.41, 5.74) is 0.429. The number of likely N-dealkylation sites (tertiary alicyclic amines) is 1. The number of hydrogen-bond donors (Lipinski definition) is 2. The van der Waals surface area contributed by atoms with Crippen molar-refractivity contribution in [3.8, 4) is 0 Å². The van der Waals surface area contributed by atoms with Gasteiger partial charge in [0, 0.05) is 24.3 Å². The van der Waals surface area contributed by atoms with Crippen LogP contribution in [0.2, 0.25) is 0 Å². The van der Waals surface area contributed by atoms with Crippen LogP contribution < -0.4 is 10.9 Å². The number of aromatic nitrogens is 1. The van der Waals surface area contributed by atoms with Crippen LogP contribution in [0.3, 0.4) is 0 Å². The van der Waals surface area contributed by atoms with E-state index < -0.39 is 17.7 Å². The van der Waals surface area contributed by atoms with Crippen LogP contribution >= 0.6 is 0 Å². The van der Waals surface area contributed by atoms with Crippen molar-refractivity contribution in [1.82, 2.24) is 15.2 Å². The molecular weight excluding hydrogens is 298 g/mol. The Bertz CT molecular complexity index is 660. The highest BCUT2D eigenvalue weighted by Crippen LogP contribution is 2.21. The molecule has 1 aromatic rings. The van der Waals surface area contributed by atoms with Gasteiger partial charge >= 0.3 is 6.09 Å². The summed E-state index contributed by atoms with van der Waals surface area (Å²) in [5.74, 6) is -0.276. The fourth-order valence-electron chi connectivity index (χ4n) is 2.24. The second-order valence-electron chi connectivity index (χ2n) is 6.69. The van der Waals surface area contributed by atoms with E-state index in [9.17, 15) is 14.4 Å². The van der Waals surface area contributed by atoms with E-state index in [-0.39, 0.29) is 18.0 Å². The predicted octanol–water partition coefficient (Wildman–Crippen LogP) is 1.31. The number of amides is 2. The van der Waals surface area contributed by atoms with Crippen molar-refractivity contribution >= 4 is 12.0 Å². The average Bonchev–Trinajstić information content (AvgIpc) is 2.33. The van der Waals surface area contributed by atoms with Gasteiger partial charge in [0.25, 0.3) is 5.56 Å². The lowest BCUT2D eigenvalue weighted by Gasteiger charge is -2.40. The minimum atomic E-state index is -0.594. The largest absolute Gasteiger partial charge is 0.444 e. The predicted molar refractivity (Wildman–Crippen MR) is 85.0 cm³/mol. The van der Waals surface area contributed by atoms with Crippen molar-refractivity contribution in [3.63, 3.8) is 0 Å². The molecule has 0 saturated carbocycles. The highest BCUT2D eigenvalue weighted by Gasteiger charge is 2.39. The molecule has 7 nitrogen and oxygen atoms in total. The molecule has 0 bridgehead atoms. The first-order valence-electron chi connectivity index (χ1n) is 7.63. The molecule has 2 rings (SSSR count). The molecule has 0 unspecified atom stereocenters. The number of hydrogen-bond acceptors (Lipinski definition) is 4. The van der Waals surface area contributed by atoms with Crippen LogP contribution in [0.25, 0.3) is 0 Å². The average molecular weight is 321 g/mol. The number of ether oxygens (including phenoxy) is 1. The highest BCUT2D eigenvalue weighted by molar-refractivity contribution is 5.87. The summed E-state index contributed by atoms with van der Waals surface area (Å²) in [7, 11) is 0. The minimum Gasteiger partial charge on any atom is -0.444 e. The second kappa shape index (κ2) is 6.44. The van der Waals surface area contributed by atoms with Crippen molar-refractivity contribution in [2.45, 2.75) is 52.3 Å². The van der Waals surface area contributed by atoms with E-state index in [2.05, 4.69) is 10.3 Å². The van der Waals surface area contributed by atoms with Gasteiger partial charge in [0.2, 0.25) is 5.91 Å². The summed E-state index contributed by atoms with van der Waals surface area (Å²) >= 11 is 0. The molecular formula is C16H23N3O4. The Morgan fingerprint density at radius 3 is 2.61 bits per heavy atom. The van der Waals surface area contributed by atoms with Crippen molar-refractivity contribution in [3.05, 3.63) is 33.7 Å². The SMILES string of the molecule is Cc1ccc(CNC(=O)[C@H]2CCN2C(=O)OC(C)(C)C)c(=O)[nH]1. The maximum absolute atomic E-state index is 12.2. The standard InChI is InChI=1S/C16H23N3O4/c1-10-5-6-11(13(20)18-10)9-17-14(21)12-7-8-19(12)15(22)23-16(2,3)4/h5-6,12H,7-9H2,1-4H3,(H,17,21)(H,18,20)/t12-/m1/s1. The second-order valence-corrected chi connectivity index (χ2v) is 6.69. The molecule has 7 heteroatoms. The maximum atomic E-state index is 12.2. The number of aryl methyl sites for hydroxylation is 1. The third kappa shape index (κ3) is 4.34. The van der Waals surface area contributed by atoms with E-state index in [0.717, 1.165) is 5.69 Å². The quantitative estimate of drug-likeness (QED) is 0.878. The number of pyridine rings is 1. The molecule has 23 heavy (non-hydrogen) atoms. The van der Waals surface area contributed by atoms with Crippen molar-refractivity contribution in [2.75, 3.05) is 6.54 Å². The van der Waals surface area contributed by atoms with Gasteiger partial charge in [0.05, 0.1) is 0 Å². The van der Waals surface area contributed by atoms with Gasteiger partial charge < -0.3 is 15.0 Å². The molecule has 0 aromatic carbocycles. The lowest BCUT2D eigenvalue weighted by molar-refractivity contribution is -0.130. The zero-order valence-corrected chi connectivity index (χ0v) is 13.9. The van der Waals surface area contributed by atoms with Gasteiger partial charge in [-0.15, -0.1) is 0 Å². The Labute approximate surface area is 135 Å². The fourth-order valence-corrected chi connectivity index (χ4v) is 2.24. The highest BCUT2D eigenvalue weighted by atomic mass is 16.6. The molecule has 1 saturated heterocycles. The lowest BCUT2D eigenvalue weighted by atomic mass is 10.0. The van der Waals surface area contributed by atoms with Crippen molar-refractivity contribution in [1.29, 1.82) is 0 Å². The van der Waals surface area contributed by atoms with Gasteiger partial charge in [0.1, 0.15) is 11.6 Å². The molecule has 0 aliphatic carbocycles. The number of nitrogens with one attached hydrogen (secondary N) is 2. The van der Waals surface area contributed by atoms with Crippen LogP contribution in [0.15, 0.2) is 16.9 Å². The molecule has 1 aliphatic rings. The van der Waals surface area contributed by atoms with E-state index in [1.807, 2.05) is 0 Å². The fraction of sp³-hybridized carbons (Fsp3) is 0.562. The number of carbonyl (C=O) groups excluding carboxylic acids is 2. The Morgan fingerprint density at radius 2 is 2.09 bits per heavy atom. The van der Waals surface area contributed by atoms with E-state index in [0.29, 0.717) is 18.5 Å². The van der Waals surface area contributed by atoms with Gasteiger partial charge in [-0.1, -0.05) is 6.07 Å². The third-order valence-corrected chi connectivity index (χ3v) is 3.54. The summed E-state index contributed by atoms with van der Waals surface area (Å²) in [6.45, 7) is 7.76. The van der Waals surface area contributed by atoms with Gasteiger partial charge in [0.15, 0.2) is 0 Å². The third-order valence-electron chi connectivity index (χ3n) is 3.54. The zero-order valence-electron chi connectivity index (χ0n) is 13.9. The molecule has 0 spiro atoms. The molecule has 1 aromatic heterocycles. The van der Waals surface area contributed by atoms with Gasteiger partial charge in [-0.3, -0.25) is 14.5 Å². The number of nitrogens with zero attached hydrogens (tertiary/aromatic N) is 1. The van der Waals surface area contributed by atoms with Gasteiger partial charge in [-0.25, -0.2) is 4.79 Å². The summed E-state index contributed by atoms with van der Waals surface area (Å²) < 4.78 is 5.27.